The number of amides is 2. The Morgan fingerprint density at radius 2 is 1.90 bits per heavy atom. The van der Waals surface area contributed by atoms with Crippen LogP contribution in [0.5, 0.6) is 0 Å². The Morgan fingerprint density at radius 1 is 1.10 bits per heavy atom. The summed E-state index contributed by atoms with van der Waals surface area (Å²) in [6.45, 7) is 4.09. The Balaban J connectivity index is 1.32. The van der Waals surface area contributed by atoms with Gasteiger partial charge in [0.25, 0.3) is 11.8 Å². The van der Waals surface area contributed by atoms with E-state index in [0.29, 0.717) is 28.6 Å². The Kier molecular flexibility index (Phi) is 8.22. The van der Waals surface area contributed by atoms with E-state index in [-0.39, 0.29) is 17.4 Å². The summed E-state index contributed by atoms with van der Waals surface area (Å²) in [4.78, 5) is 44.8. The number of ether oxygens (including phenoxy) is 1. The molecule has 1 atom stereocenters. The normalized spacial score (nSPS) is 16.7. The minimum absolute atomic E-state index is 0.0237. The summed E-state index contributed by atoms with van der Waals surface area (Å²) < 4.78 is 20.1. The first-order valence-corrected chi connectivity index (χ1v) is 13.4. The quantitative estimate of drug-likeness (QED) is 0.409. The van der Waals surface area contributed by atoms with E-state index in [1.54, 1.807) is 31.3 Å². The minimum atomic E-state index is -0.497. The van der Waals surface area contributed by atoms with Crippen molar-refractivity contribution in [1.82, 2.24) is 9.97 Å². The number of anilines is 4. The van der Waals surface area contributed by atoms with Crippen LogP contribution in [0.15, 0.2) is 48.8 Å². The first-order valence-electron chi connectivity index (χ1n) is 13.4. The molecule has 1 aromatic carbocycles. The molecule has 2 saturated heterocycles. The topological polar surface area (TPSA) is 100 Å². The number of pyridine rings is 2. The van der Waals surface area contributed by atoms with E-state index in [4.69, 9.17) is 9.57 Å². The SMILES string of the molecule is CON(C(=O)c1cc(NC(=O)c2cc(F)cc(N3CCCC3)c2)cnc1C)c1ccc(N(C)C2CCCO2)nc1. The van der Waals surface area contributed by atoms with Gasteiger partial charge in [0.05, 0.1) is 42.1 Å². The Bertz CT molecular complexity index is 1370. The van der Waals surface area contributed by atoms with E-state index in [1.807, 2.05) is 11.9 Å². The van der Waals surface area contributed by atoms with Crippen molar-refractivity contribution in [2.75, 3.05) is 54.0 Å². The number of carbonyl (C=O) groups is 2. The summed E-state index contributed by atoms with van der Waals surface area (Å²) in [7, 11) is 3.31. The fourth-order valence-electron chi connectivity index (χ4n) is 5.02. The van der Waals surface area contributed by atoms with Crippen molar-refractivity contribution in [3.05, 3.63) is 71.4 Å². The molecule has 0 bridgehead atoms. The van der Waals surface area contributed by atoms with Crippen molar-refractivity contribution < 1.29 is 23.6 Å². The van der Waals surface area contributed by atoms with Crippen molar-refractivity contribution in [2.24, 2.45) is 0 Å². The molecule has 0 saturated carbocycles. The molecule has 5 rings (SSSR count). The van der Waals surface area contributed by atoms with Crippen LogP contribution in [-0.4, -0.2) is 61.9 Å². The molecule has 1 unspecified atom stereocenters. The van der Waals surface area contributed by atoms with Gasteiger partial charge in [0.1, 0.15) is 17.9 Å². The van der Waals surface area contributed by atoms with Crippen LogP contribution in [-0.2, 0) is 9.57 Å². The van der Waals surface area contributed by atoms with Crippen molar-refractivity contribution in [3.63, 3.8) is 0 Å². The lowest BCUT2D eigenvalue weighted by Gasteiger charge is -2.25. The fraction of sp³-hybridized carbons (Fsp3) is 0.379. The van der Waals surface area contributed by atoms with Gasteiger partial charge < -0.3 is 19.9 Å². The third-order valence-corrected chi connectivity index (χ3v) is 7.22. The largest absolute Gasteiger partial charge is 0.371 e. The molecule has 11 heteroatoms. The number of aromatic nitrogens is 2. The van der Waals surface area contributed by atoms with Gasteiger partial charge in [-0.15, -0.1) is 0 Å². The van der Waals surface area contributed by atoms with Crippen LogP contribution in [0.3, 0.4) is 0 Å². The first kappa shape index (κ1) is 27.5. The third kappa shape index (κ3) is 5.90. The van der Waals surface area contributed by atoms with E-state index in [1.165, 1.54) is 31.5 Å². The van der Waals surface area contributed by atoms with Crippen molar-refractivity contribution in [3.8, 4) is 0 Å². The summed E-state index contributed by atoms with van der Waals surface area (Å²) in [5.74, 6) is -0.743. The number of nitrogens with one attached hydrogen (secondary N) is 1. The smallest absolute Gasteiger partial charge is 0.284 e. The molecule has 3 aromatic rings. The number of hydroxylamine groups is 1. The molecule has 0 spiro atoms. The summed E-state index contributed by atoms with van der Waals surface area (Å²) >= 11 is 0. The maximum Gasteiger partial charge on any atom is 0.284 e. The Morgan fingerprint density at radius 3 is 2.58 bits per heavy atom. The van der Waals surface area contributed by atoms with Crippen molar-refractivity contribution in [1.29, 1.82) is 0 Å². The van der Waals surface area contributed by atoms with E-state index in [2.05, 4.69) is 20.2 Å². The zero-order chi connectivity index (χ0) is 28.2. The molecule has 2 aliphatic heterocycles. The second-order valence-electron chi connectivity index (χ2n) is 9.94. The van der Waals surface area contributed by atoms with Crippen LogP contribution in [0.25, 0.3) is 0 Å². The number of halogens is 1. The van der Waals surface area contributed by atoms with Crippen LogP contribution >= 0.6 is 0 Å². The van der Waals surface area contributed by atoms with Gasteiger partial charge in [-0.2, -0.15) is 5.06 Å². The molecule has 10 nitrogen and oxygen atoms in total. The maximum absolute atomic E-state index is 14.3. The highest BCUT2D eigenvalue weighted by Crippen LogP contribution is 2.26. The van der Waals surface area contributed by atoms with Gasteiger partial charge in [-0.05, 0) is 69.0 Å². The molecule has 4 heterocycles. The maximum atomic E-state index is 14.3. The summed E-state index contributed by atoms with van der Waals surface area (Å²) in [5.41, 5.74) is 2.28. The van der Waals surface area contributed by atoms with E-state index >= 15 is 0 Å². The average molecular weight is 549 g/mol. The second kappa shape index (κ2) is 12.0. The van der Waals surface area contributed by atoms with Gasteiger partial charge in [0, 0.05) is 38.0 Å². The highest BCUT2D eigenvalue weighted by atomic mass is 19.1. The van der Waals surface area contributed by atoms with Crippen molar-refractivity contribution >= 4 is 34.7 Å². The van der Waals surface area contributed by atoms with Gasteiger partial charge in [-0.1, -0.05) is 0 Å². The molecule has 40 heavy (non-hydrogen) atoms. The number of aryl methyl sites for hydroxylation is 1. The third-order valence-electron chi connectivity index (χ3n) is 7.22. The highest BCUT2D eigenvalue weighted by Gasteiger charge is 2.24. The summed E-state index contributed by atoms with van der Waals surface area (Å²) in [6.07, 6.45) is 7.00. The van der Waals surface area contributed by atoms with Crippen LogP contribution in [0.4, 0.5) is 27.3 Å². The zero-order valence-corrected chi connectivity index (χ0v) is 22.9. The van der Waals surface area contributed by atoms with Crippen LogP contribution in [0.1, 0.15) is 52.1 Å². The van der Waals surface area contributed by atoms with E-state index in [9.17, 15) is 14.0 Å². The van der Waals surface area contributed by atoms with Gasteiger partial charge in [0.15, 0.2) is 0 Å². The molecule has 1 N–H and O–H groups in total. The van der Waals surface area contributed by atoms with Gasteiger partial charge >= 0.3 is 0 Å². The molecule has 2 aromatic heterocycles. The Hall–Kier alpha value is -4.09. The summed E-state index contributed by atoms with van der Waals surface area (Å²) in [6, 6.07) is 9.38. The molecule has 2 fully saturated rings. The number of nitrogens with zero attached hydrogens (tertiary/aromatic N) is 5. The average Bonchev–Trinajstić information content (AvgIpc) is 3.69. The zero-order valence-electron chi connectivity index (χ0n) is 22.9. The van der Waals surface area contributed by atoms with Gasteiger partial charge in [-0.3, -0.25) is 19.4 Å². The number of rotatable bonds is 8. The lowest BCUT2D eigenvalue weighted by molar-refractivity contribution is 0.0771. The Labute approximate surface area is 232 Å². The predicted octanol–water partition coefficient (Wildman–Crippen LogP) is 4.56. The first-order chi connectivity index (χ1) is 19.3. The number of hydrogen-bond donors (Lipinski definition) is 1. The van der Waals surface area contributed by atoms with E-state index < -0.39 is 17.6 Å². The minimum Gasteiger partial charge on any atom is -0.371 e. The lowest BCUT2D eigenvalue weighted by atomic mass is 10.1. The fourth-order valence-corrected chi connectivity index (χ4v) is 5.02. The van der Waals surface area contributed by atoms with Crippen LogP contribution in [0, 0.1) is 12.7 Å². The monoisotopic (exact) mass is 548 g/mol. The van der Waals surface area contributed by atoms with Crippen LogP contribution < -0.4 is 20.2 Å². The van der Waals surface area contributed by atoms with Gasteiger partial charge in [-0.25, -0.2) is 9.37 Å². The number of hydrogen-bond acceptors (Lipinski definition) is 8. The predicted molar refractivity (Wildman–Crippen MR) is 150 cm³/mol. The van der Waals surface area contributed by atoms with Gasteiger partial charge in [0.2, 0.25) is 0 Å². The molecule has 210 valence electrons. The molecule has 0 aliphatic carbocycles. The molecule has 2 aliphatic rings. The number of carbonyl (C=O) groups excluding carboxylic acids is 2. The molecular weight excluding hydrogens is 515 g/mol. The molecular formula is C29H33FN6O4. The van der Waals surface area contributed by atoms with Crippen LogP contribution in [0.2, 0.25) is 0 Å². The summed E-state index contributed by atoms with van der Waals surface area (Å²) in [5, 5.41) is 3.86. The molecule has 2 amide bonds. The standard InChI is InChI=1S/C29H33FN6O4/c1-19-25(29(38)36(39-3)23-8-9-26(32-18-23)34(2)27-7-6-12-40-27)16-22(17-31-19)33-28(37)20-13-21(30)15-24(14-20)35-10-4-5-11-35/h8-9,13-18,27H,4-7,10-12H2,1-3H3,(H,33,37). The van der Waals surface area contributed by atoms with Crippen molar-refractivity contribution in [2.45, 2.75) is 38.8 Å². The highest BCUT2D eigenvalue weighted by molar-refractivity contribution is 6.08. The van der Waals surface area contributed by atoms with E-state index in [0.717, 1.165) is 50.4 Å². The molecule has 0 radical (unpaired) electrons. The number of benzene rings is 1. The lowest BCUT2D eigenvalue weighted by Crippen LogP contribution is -2.32. The second-order valence-corrected chi connectivity index (χ2v) is 9.94.